The first-order valence-corrected chi connectivity index (χ1v) is 10.2. The van der Waals surface area contributed by atoms with Gasteiger partial charge in [-0.3, -0.25) is 14.5 Å². The lowest BCUT2D eigenvalue weighted by Gasteiger charge is -2.31. The van der Waals surface area contributed by atoms with E-state index in [-0.39, 0.29) is 23.4 Å². The predicted octanol–water partition coefficient (Wildman–Crippen LogP) is 2.96. The number of nitrogens with one attached hydrogen (secondary N) is 1. The Bertz CT molecular complexity index is 1080. The van der Waals surface area contributed by atoms with Crippen molar-refractivity contribution in [2.24, 2.45) is 11.7 Å². The molecule has 0 bridgehead atoms. The van der Waals surface area contributed by atoms with E-state index in [9.17, 15) is 14.0 Å². The highest BCUT2D eigenvalue weighted by Crippen LogP contribution is 2.20. The number of hydrogen-bond acceptors (Lipinski definition) is 4. The van der Waals surface area contributed by atoms with Gasteiger partial charge in [-0.05, 0) is 49.2 Å². The molecule has 3 aromatic rings. The first-order valence-electron chi connectivity index (χ1n) is 10.2. The number of rotatable bonds is 6. The third kappa shape index (κ3) is 4.97. The van der Waals surface area contributed by atoms with Gasteiger partial charge in [-0.15, -0.1) is 0 Å². The van der Waals surface area contributed by atoms with Crippen LogP contribution in [0.5, 0.6) is 0 Å². The zero-order valence-corrected chi connectivity index (χ0v) is 17.0. The Morgan fingerprint density at radius 2 is 1.94 bits per heavy atom. The topological polar surface area (TPSA) is 93.2 Å². The van der Waals surface area contributed by atoms with Crippen LogP contribution >= 0.6 is 0 Å². The minimum Gasteiger partial charge on any atom is -0.369 e. The van der Waals surface area contributed by atoms with Crippen molar-refractivity contribution in [3.8, 4) is 5.69 Å². The Labute approximate surface area is 179 Å². The third-order valence-electron chi connectivity index (χ3n) is 5.47. The molecular weight excluding hydrogens is 397 g/mol. The van der Waals surface area contributed by atoms with E-state index in [1.54, 1.807) is 18.2 Å². The molecule has 7 nitrogen and oxygen atoms in total. The molecule has 160 valence electrons. The Morgan fingerprint density at radius 1 is 1.16 bits per heavy atom. The molecule has 8 heteroatoms. The van der Waals surface area contributed by atoms with E-state index in [1.165, 1.54) is 23.1 Å². The van der Waals surface area contributed by atoms with Crippen molar-refractivity contribution in [1.29, 1.82) is 0 Å². The molecular formula is C23H24FN5O2. The molecule has 2 amide bonds. The molecule has 1 aromatic heterocycles. The summed E-state index contributed by atoms with van der Waals surface area (Å²) in [5, 5.41) is 6.91. The third-order valence-corrected chi connectivity index (χ3v) is 5.47. The maximum Gasteiger partial charge on any atom is 0.258 e. The highest BCUT2D eigenvalue weighted by atomic mass is 19.1. The number of aromatic nitrogens is 2. The summed E-state index contributed by atoms with van der Waals surface area (Å²) in [6, 6.07) is 13.8. The molecule has 31 heavy (non-hydrogen) atoms. The fourth-order valence-corrected chi connectivity index (χ4v) is 3.80. The largest absolute Gasteiger partial charge is 0.369 e. The molecule has 1 aliphatic rings. The lowest BCUT2D eigenvalue weighted by Crippen LogP contribution is -2.40. The van der Waals surface area contributed by atoms with E-state index in [1.807, 2.05) is 24.3 Å². The zero-order valence-electron chi connectivity index (χ0n) is 17.0. The molecule has 1 aliphatic heterocycles. The average Bonchev–Trinajstić information content (AvgIpc) is 3.26. The van der Waals surface area contributed by atoms with Crippen molar-refractivity contribution in [2.45, 2.75) is 19.4 Å². The lowest BCUT2D eigenvalue weighted by atomic mass is 9.97. The lowest BCUT2D eigenvalue weighted by molar-refractivity contribution is -0.123. The molecule has 3 N–H and O–H groups in total. The zero-order chi connectivity index (χ0) is 21.8. The molecule has 1 saturated heterocycles. The summed E-state index contributed by atoms with van der Waals surface area (Å²) in [5.41, 5.74) is 7.81. The van der Waals surface area contributed by atoms with E-state index in [0.29, 0.717) is 17.8 Å². The second-order valence-corrected chi connectivity index (χ2v) is 7.75. The number of hydrogen-bond donors (Lipinski definition) is 2. The first-order chi connectivity index (χ1) is 15.0. The summed E-state index contributed by atoms with van der Waals surface area (Å²) in [6.07, 6.45) is 4.71. The average molecular weight is 421 g/mol. The molecule has 1 fully saturated rings. The Balaban J connectivity index is 1.36. The molecule has 0 aliphatic carbocycles. The summed E-state index contributed by atoms with van der Waals surface area (Å²) in [5.74, 6) is -1.06. The van der Waals surface area contributed by atoms with Crippen LogP contribution < -0.4 is 11.1 Å². The Kier molecular flexibility index (Phi) is 6.08. The summed E-state index contributed by atoms with van der Waals surface area (Å²) in [4.78, 5) is 26.2. The van der Waals surface area contributed by atoms with Crippen molar-refractivity contribution in [3.05, 3.63) is 77.9 Å². The molecule has 0 saturated carbocycles. The van der Waals surface area contributed by atoms with Crippen molar-refractivity contribution < 1.29 is 14.0 Å². The number of benzene rings is 2. The van der Waals surface area contributed by atoms with Crippen molar-refractivity contribution in [2.75, 3.05) is 18.4 Å². The van der Waals surface area contributed by atoms with E-state index in [0.717, 1.165) is 31.5 Å². The minimum atomic E-state index is -0.413. The number of halogens is 1. The van der Waals surface area contributed by atoms with Crippen molar-refractivity contribution in [3.63, 3.8) is 0 Å². The van der Waals surface area contributed by atoms with Gasteiger partial charge in [-0.1, -0.05) is 24.3 Å². The van der Waals surface area contributed by atoms with Crippen LogP contribution in [-0.4, -0.2) is 39.6 Å². The number of likely N-dealkylation sites (tertiary alicyclic amines) is 1. The first kappa shape index (κ1) is 20.7. The maximum absolute atomic E-state index is 13.9. The number of nitrogens with two attached hydrogens (primary N) is 1. The van der Waals surface area contributed by atoms with Crippen LogP contribution in [0.4, 0.5) is 10.1 Å². The summed E-state index contributed by atoms with van der Waals surface area (Å²) in [7, 11) is 0. The number of piperidine rings is 1. The number of carbonyl (C=O) groups is 2. The van der Waals surface area contributed by atoms with Crippen LogP contribution in [0, 0.1) is 11.7 Å². The molecule has 4 rings (SSSR count). The molecule has 1 unspecified atom stereocenters. The van der Waals surface area contributed by atoms with Gasteiger partial charge in [-0.2, -0.15) is 5.10 Å². The second-order valence-electron chi connectivity index (χ2n) is 7.75. The standard InChI is InChI=1S/C23H24FN5O2/c24-20-5-1-2-6-21(20)29-15-18(12-26-29)23(31)27-19-9-7-16(8-10-19)13-28-11-3-4-17(14-28)22(25)30/h1-2,5-10,12,15,17H,3-4,11,13-14H2,(H2,25,30)(H,27,31). The number of nitrogens with zero attached hydrogens (tertiary/aromatic N) is 3. The number of carbonyl (C=O) groups excluding carboxylic acids is 2. The summed E-state index contributed by atoms with van der Waals surface area (Å²) < 4.78 is 15.3. The second kappa shape index (κ2) is 9.09. The van der Waals surface area contributed by atoms with Crippen LogP contribution in [-0.2, 0) is 11.3 Å². The molecule has 0 radical (unpaired) electrons. The number of anilines is 1. The monoisotopic (exact) mass is 421 g/mol. The maximum atomic E-state index is 13.9. The molecule has 1 atom stereocenters. The van der Waals surface area contributed by atoms with Crippen LogP contribution in [0.2, 0.25) is 0 Å². The van der Waals surface area contributed by atoms with Gasteiger partial charge >= 0.3 is 0 Å². The molecule has 0 spiro atoms. The van der Waals surface area contributed by atoms with E-state index < -0.39 is 5.82 Å². The summed E-state index contributed by atoms with van der Waals surface area (Å²) >= 11 is 0. The number of para-hydroxylation sites is 1. The van der Waals surface area contributed by atoms with Gasteiger partial charge in [0.2, 0.25) is 5.91 Å². The quantitative estimate of drug-likeness (QED) is 0.640. The van der Waals surface area contributed by atoms with E-state index in [4.69, 9.17) is 5.73 Å². The highest BCUT2D eigenvalue weighted by molar-refractivity contribution is 6.04. The van der Waals surface area contributed by atoms with Gasteiger partial charge in [0.25, 0.3) is 5.91 Å². The van der Waals surface area contributed by atoms with Crippen molar-refractivity contribution in [1.82, 2.24) is 14.7 Å². The van der Waals surface area contributed by atoms with Crippen LogP contribution in [0.1, 0.15) is 28.8 Å². The predicted molar refractivity (Wildman–Crippen MR) is 115 cm³/mol. The van der Waals surface area contributed by atoms with Gasteiger partial charge in [-0.25, -0.2) is 9.07 Å². The van der Waals surface area contributed by atoms with Gasteiger partial charge in [0.1, 0.15) is 11.5 Å². The SMILES string of the molecule is NC(=O)C1CCCN(Cc2ccc(NC(=O)c3cnn(-c4ccccc4F)c3)cc2)C1. The minimum absolute atomic E-state index is 0.0856. The van der Waals surface area contributed by atoms with Gasteiger partial charge in [0.05, 0.1) is 17.7 Å². The Morgan fingerprint density at radius 3 is 2.68 bits per heavy atom. The van der Waals surface area contributed by atoms with Crippen LogP contribution in [0.25, 0.3) is 5.69 Å². The fraction of sp³-hybridized carbons (Fsp3) is 0.261. The van der Waals surface area contributed by atoms with Gasteiger partial charge in [0, 0.05) is 25.0 Å². The van der Waals surface area contributed by atoms with Gasteiger partial charge in [0.15, 0.2) is 0 Å². The Hall–Kier alpha value is -3.52. The van der Waals surface area contributed by atoms with Crippen LogP contribution in [0.3, 0.4) is 0 Å². The van der Waals surface area contributed by atoms with Gasteiger partial charge < -0.3 is 11.1 Å². The number of primary amides is 1. The molecule has 2 heterocycles. The molecule has 2 aromatic carbocycles. The van der Waals surface area contributed by atoms with Crippen molar-refractivity contribution >= 4 is 17.5 Å². The fourth-order valence-electron chi connectivity index (χ4n) is 3.80. The summed E-state index contributed by atoms with van der Waals surface area (Å²) in [6.45, 7) is 2.35. The van der Waals surface area contributed by atoms with E-state index >= 15 is 0 Å². The number of amides is 2. The van der Waals surface area contributed by atoms with Crippen LogP contribution in [0.15, 0.2) is 60.9 Å². The smallest absolute Gasteiger partial charge is 0.258 e. The highest BCUT2D eigenvalue weighted by Gasteiger charge is 2.23. The normalized spacial score (nSPS) is 16.7. The van der Waals surface area contributed by atoms with E-state index in [2.05, 4.69) is 15.3 Å².